The average Bonchev–Trinajstić information content (AvgIpc) is 2.59. The van der Waals surface area contributed by atoms with Crippen molar-refractivity contribution in [1.82, 2.24) is 25.2 Å². The number of hydrogen-bond donors (Lipinski definition) is 1. The number of ether oxygens (including phenoxy) is 1. The first kappa shape index (κ1) is 10.5. The molecule has 84 valence electrons. The van der Waals surface area contributed by atoms with Crippen molar-refractivity contribution in [3.63, 3.8) is 0 Å². The normalized spacial score (nSPS) is 18.3. The molecular weight excluding hydrogens is 194 g/mol. The maximum atomic E-state index is 5.26. The molecule has 0 unspecified atom stereocenters. The molecule has 6 nitrogen and oxygen atoms in total. The van der Waals surface area contributed by atoms with Gasteiger partial charge in [-0.2, -0.15) is 0 Å². The summed E-state index contributed by atoms with van der Waals surface area (Å²) in [5, 5.41) is 10.3. The minimum Gasteiger partial charge on any atom is -0.379 e. The van der Waals surface area contributed by atoms with Gasteiger partial charge in [0.15, 0.2) is 0 Å². The van der Waals surface area contributed by atoms with Gasteiger partial charge in [0.05, 0.1) is 19.8 Å². The Morgan fingerprint density at radius 3 is 2.67 bits per heavy atom. The van der Waals surface area contributed by atoms with Gasteiger partial charge in [0.25, 0.3) is 0 Å². The number of nitrogens with one attached hydrogen (secondary N) is 1. The van der Waals surface area contributed by atoms with E-state index in [0.29, 0.717) is 0 Å². The molecule has 0 saturated carbocycles. The Kier molecular flexibility index (Phi) is 3.30. The van der Waals surface area contributed by atoms with Gasteiger partial charge in [-0.1, -0.05) is 0 Å². The zero-order valence-corrected chi connectivity index (χ0v) is 9.23. The smallest absolute Gasteiger partial charge is 0.148 e. The van der Waals surface area contributed by atoms with Gasteiger partial charge in [0.2, 0.25) is 0 Å². The van der Waals surface area contributed by atoms with Crippen LogP contribution in [0.15, 0.2) is 0 Å². The highest BCUT2D eigenvalue weighted by Gasteiger charge is 2.11. The largest absolute Gasteiger partial charge is 0.379 e. The second-order valence-corrected chi connectivity index (χ2v) is 3.66. The third kappa shape index (κ3) is 2.53. The molecule has 1 aromatic rings. The van der Waals surface area contributed by atoms with E-state index in [1.54, 1.807) is 0 Å². The van der Waals surface area contributed by atoms with Crippen LogP contribution in [0.3, 0.4) is 0 Å². The molecule has 0 radical (unpaired) electrons. The molecule has 0 amide bonds. The summed E-state index contributed by atoms with van der Waals surface area (Å²) in [6.07, 6.45) is 0. The number of aromatic nitrogens is 3. The van der Waals surface area contributed by atoms with Crippen molar-refractivity contribution < 1.29 is 4.74 Å². The number of hydrazine groups is 1. The quantitative estimate of drug-likeness (QED) is 0.727. The Morgan fingerprint density at radius 1 is 1.33 bits per heavy atom. The van der Waals surface area contributed by atoms with E-state index in [9.17, 15) is 0 Å². The molecule has 1 N–H and O–H groups in total. The first-order valence-electron chi connectivity index (χ1n) is 5.18. The predicted octanol–water partition coefficient (Wildman–Crippen LogP) is -0.540. The van der Waals surface area contributed by atoms with Crippen LogP contribution < -0.4 is 5.43 Å². The molecule has 2 heterocycles. The number of nitrogens with zero attached hydrogens (tertiary/aromatic N) is 4. The molecule has 0 spiro atoms. The second-order valence-electron chi connectivity index (χ2n) is 3.66. The van der Waals surface area contributed by atoms with Gasteiger partial charge < -0.3 is 9.30 Å². The van der Waals surface area contributed by atoms with Gasteiger partial charge in [-0.05, 0) is 6.92 Å². The number of aryl methyl sites for hydroxylation is 1. The van der Waals surface area contributed by atoms with Crippen molar-refractivity contribution in [3.8, 4) is 0 Å². The Hall–Kier alpha value is -0.980. The maximum absolute atomic E-state index is 5.26. The van der Waals surface area contributed by atoms with E-state index in [0.717, 1.165) is 44.5 Å². The molecule has 1 fully saturated rings. The van der Waals surface area contributed by atoms with Crippen LogP contribution in [0.5, 0.6) is 0 Å². The summed E-state index contributed by atoms with van der Waals surface area (Å²) in [5.41, 5.74) is 3.32. The molecule has 0 atom stereocenters. The number of rotatable bonds is 3. The van der Waals surface area contributed by atoms with Crippen molar-refractivity contribution in [2.24, 2.45) is 7.05 Å². The summed E-state index contributed by atoms with van der Waals surface area (Å²) in [7, 11) is 1.98. The van der Waals surface area contributed by atoms with E-state index in [1.807, 2.05) is 18.5 Å². The second kappa shape index (κ2) is 4.69. The average molecular weight is 211 g/mol. The number of morpholine rings is 1. The highest BCUT2D eigenvalue weighted by molar-refractivity contribution is 4.91. The Labute approximate surface area is 89.2 Å². The molecule has 1 aromatic heterocycles. The van der Waals surface area contributed by atoms with Crippen LogP contribution in [-0.2, 0) is 18.3 Å². The minimum atomic E-state index is 0.720. The highest BCUT2D eigenvalue weighted by atomic mass is 16.5. The molecule has 1 aliphatic rings. The minimum absolute atomic E-state index is 0.720. The van der Waals surface area contributed by atoms with Crippen LogP contribution in [-0.4, -0.2) is 46.1 Å². The molecule has 0 aliphatic carbocycles. The lowest BCUT2D eigenvalue weighted by Crippen LogP contribution is -2.45. The van der Waals surface area contributed by atoms with Crippen molar-refractivity contribution in [2.75, 3.05) is 26.3 Å². The van der Waals surface area contributed by atoms with Crippen LogP contribution in [0, 0.1) is 6.92 Å². The third-order valence-electron chi connectivity index (χ3n) is 2.65. The standard InChI is InChI=1S/C9H17N5O/c1-8-11-12-9(13(8)2)7-10-14-3-5-15-6-4-14/h10H,3-7H2,1-2H3. The zero-order valence-electron chi connectivity index (χ0n) is 9.23. The SMILES string of the molecule is Cc1nnc(CNN2CCOCC2)n1C. The maximum Gasteiger partial charge on any atom is 0.148 e. The van der Waals surface area contributed by atoms with Gasteiger partial charge in [-0.15, -0.1) is 10.2 Å². The predicted molar refractivity (Wildman–Crippen MR) is 55.0 cm³/mol. The van der Waals surface area contributed by atoms with Crippen LogP contribution in [0.1, 0.15) is 11.6 Å². The van der Waals surface area contributed by atoms with Crippen molar-refractivity contribution in [2.45, 2.75) is 13.5 Å². The van der Waals surface area contributed by atoms with E-state index < -0.39 is 0 Å². The van der Waals surface area contributed by atoms with Gasteiger partial charge in [-0.25, -0.2) is 10.4 Å². The summed E-state index contributed by atoms with van der Waals surface area (Å²) in [6, 6.07) is 0. The van der Waals surface area contributed by atoms with Crippen LogP contribution in [0.2, 0.25) is 0 Å². The molecular formula is C9H17N5O. The summed E-state index contributed by atoms with van der Waals surface area (Å²) >= 11 is 0. The molecule has 1 aliphatic heterocycles. The fourth-order valence-electron chi connectivity index (χ4n) is 1.51. The topological polar surface area (TPSA) is 55.2 Å². The Morgan fingerprint density at radius 2 is 2.07 bits per heavy atom. The van der Waals surface area contributed by atoms with Crippen molar-refractivity contribution >= 4 is 0 Å². The fraction of sp³-hybridized carbons (Fsp3) is 0.778. The van der Waals surface area contributed by atoms with Crippen LogP contribution in [0.4, 0.5) is 0 Å². The summed E-state index contributed by atoms with van der Waals surface area (Å²) in [5.74, 6) is 1.90. The van der Waals surface area contributed by atoms with Gasteiger partial charge in [0.1, 0.15) is 11.6 Å². The Bertz CT molecular complexity index is 318. The van der Waals surface area contributed by atoms with Gasteiger partial charge in [-0.3, -0.25) is 0 Å². The van der Waals surface area contributed by atoms with Gasteiger partial charge >= 0.3 is 0 Å². The zero-order chi connectivity index (χ0) is 10.7. The van der Waals surface area contributed by atoms with E-state index >= 15 is 0 Å². The van der Waals surface area contributed by atoms with Crippen LogP contribution >= 0.6 is 0 Å². The molecule has 6 heteroatoms. The summed E-state index contributed by atoms with van der Waals surface area (Å²) in [6.45, 7) is 6.12. The van der Waals surface area contributed by atoms with E-state index in [1.165, 1.54) is 0 Å². The van der Waals surface area contributed by atoms with E-state index in [2.05, 4.69) is 20.6 Å². The van der Waals surface area contributed by atoms with E-state index in [4.69, 9.17) is 4.74 Å². The first-order valence-corrected chi connectivity index (χ1v) is 5.18. The fourth-order valence-corrected chi connectivity index (χ4v) is 1.51. The summed E-state index contributed by atoms with van der Waals surface area (Å²) < 4.78 is 7.26. The lowest BCUT2D eigenvalue weighted by atomic mass is 10.5. The molecule has 15 heavy (non-hydrogen) atoms. The summed E-state index contributed by atoms with van der Waals surface area (Å²) in [4.78, 5) is 0. The van der Waals surface area contributed by atoms with Crippen LogP contribution in [0.25, 0.3) is 0 Å². The molecule has 0 bridgehead atoms. The number of hydrogen-bond acceptors (Lipinski definition) is 5. The van der Waals surface area contributed by atoms with Crippen molar-refractivity contribution in [1.29, 1.82) is 0 Å². The molecule has 1 saturated heterocycles. The van der Waals surface area contributed by atoms with Gasteiger partial charge in [0, 0.05) is 20.1 Å². The third-order valence-corrected chi connectivity index (χ3v) is 2.65. The monoisotopic (exact) mass is 211 g/mol. The van der Waals surface area contributed by atoms with Crippen molar-refractivity contribution in [3.05, 3.63) is 11.6 Å². The lowest BCUT2D eigenvalue weighted by Gasteiger charge is -2.26. The molecule has 0 aromatic carbocycles. The Balaban J connectivity index is 1.84. The first-order chi connectivity index (χ1) is 7.27. The lowest BCUT2D eigenvalue weighted by molar-refractivity contribution is 0.00995. The van der Waals surface area contributed by atoms with E-state index in [-0.39, 0.29) is 0 Å². The highest BCUT2D eigenvalue weighted by Crippen LogP contribution is 1.98. The molecule has 2 rings (SSSR count).